The number of ether oxygens (including phenoxy) is 1. The number of hydroxylamine groups is 2. The molecule has 4 heterocycles. The number of anilines is 1. The van der Waals surface area contributed by atoms with Gasteiger partial charge in [-0.1, -0.05) is 17.3 Å². The summed E-state index contributed by atoms with van der Waals surface area (Å²) in [5.41, 5.74) is 5.56. The van der Waals surface area contributed by atoms with Gasteiger partial charge >= 0.3 is 5.97 Å². The van der Waals surface area contributed by atoms with E-state index in [4.69, 9.17) is 15.3 Å². The minimum atomic E-state index is -5.26. The van der Waals surface area contributed by atoms with E-state index in [0.29, 0.717) is 16.7 Å². The van der Waals surface area contributed by atoms with E-state index in [1.54, 1.807) is 12.1 Å². The largest absolute Gasteiger partial charge is 0.724 e. The maximum atomic E-state index is 13.2. The fraction of sp³-hybridized carbons (Fsp3) is 0.407. The number of aryl methyl sites for hydroxylation is 1. The molecule has 1 aromatic carbocycles. The van der Waals surface area contributed by atoms with Crippen LogP contribution in [0.25, 0.3) is 11.1 Å². The Labute approximate surface area is 272 Å². The number of carbonyl (C=O) groups is 3. The first-order chi connectivity index (χ1) is 22.1. The summed E-state index contributed by atoms with van der Waals surface area (Å²) < 4.78 is 47.0. The Balaban J connectivity index is 1.24. The standard InChI is InChI=1S/C27H32N8O10S2/c1-27(2)22(24(37)35(27)45-47(40,41)42)31-23(36)21(19-14-46-26(28)30-19)32-44-20(25(38)39)13-43-18-6-4-16(5-7-18)17-11-33(3)34(12-17)10-15-8-29-9-15/h4-7,11-12,14-15,20,22,29H,8-10,13H2,1-3H3,(H4-,28,30,31,36,38,39,40,41,42)/b32-21-/t20-,22+/m0/s1. The van der Waals surface area contributed by atoms with Gasteiger partial charge in [-0.25, -0.2) is 18.2 Å². The van der Waals surface area contributed by atoms with Crippen molar-refractivity contribution >= 4 is 50.4 Å². The highest BCUT2D eigenvalue weighted by Gasteiger charge is 2.57. The van der Waals surface area contributed by atoms with Gasteiger partial charge in [0.05, 0.1) is 23.8 Å². The zero-order valence-corrected chi connectivity index (χ0v) is 27.0. The van der Waals surface area contributed by atoms with E-state index < -0.39 is 58.2 Å². The maximum absolute atomic E-state index is 13.2. The molecule has 5 rings (SSSR count). The van der Waals surface area contributed by atoms with Crippen LogP contribution in [-0.2, 0) is 47.5 Å². The predicted molar refractivity (Wildman–Crippen MR) is 162 cm³/mol. The number of nitrogens with one attached hydrogen (secondary N) is 2. The molecular formula is C27H32N8O10S2. The third kappa shape index (κ3) is 7.68. The van der Waals surface area contributed by atoms with Crippen LogP contribution in [-0.4, -0.2) is 93.7 Å². The van der Waals surface area contributed by atoms with Gasteiger partial charge in [0, 0.05) is 24.4 Å². The molecule has 2 atom stereocenters. The van der Waals surface area contributed by atoms with Gasteiger partial charge < -0.3 is 35.6 Å². The average Bonchev–Trinajstić information content (AvgIpc) is 3.58. The van der Waals surface area contributed by atoms with Crippen LogP contribution in [0.3, 0.4) is 0 Å². The number of hydrogen-bond donors (Lipinski definition) is 4. The minimum Gasteiger partial charge on any atom is -0.724 e. The Bertz CT molecular complexity index is 1800. The van der Waals surface area contributed by atoms with Crippen molar-refractivity contribution in [2.75, 3.05) is 25.4 Å². The molecule has 3 aromatic rings. The molecular weight excluding hydrogens is 660 g/mol. The maximum Gasteiger partial charge on any atom is 0.351 e. The highest BCUT2D eigenvalue weighted by atomic mass is 32.3. The molecule has 2 aromatic heterocycles. The summed E-state index contributed by atoms with van der Waals surface area (Å²) in [4.78, 5) is 46.8. The molecule has 18 nitrogen and oxygen atoms in total. The van der Waals surface area contributed by atoms with Crippen molar-refractivity contribution in [2.24, 2.45) is 18.1 Å². The van der Waals surface area contributed by atoms with Gasteiger partial charge in [0.25, 0.3) is 17.9 Å². The van der Waals surface area contributed by atoms with E-state index >= 15 is 0 Å². The van der Waals surface area contributed by atoms with Gasteiger partial charge in [0.15, 0.2) is 17.9 Å². The number of nitrogens with zero attached hydrogens (tertiary/aromatic N) is 5. The highest BCUT2D eigenvalue weighted by Crippen LogP contribution is 2.33. The average molecular weight is 693 g/mol. The lowest BCUT2D eigenvalue weighted by Crippen LogP contribution is -2.76. The third-order valence-electron chi connectivity index (χ3n) is 7.56. The van der Waals surface area contributed by atoms with Crippen LogP contribution in [0.5, 0.6) is 5.75 Å². The van der Waals surface area contributed by atoms with Crippen LogP contribution in [0.15, 0.2) is 47.2 Å². The number of nitrogen functional groups attached to an aromatic ring is 1. The van der Waals surface area contributed by atoms with Gasteiger partial charge in [0.2, 0.25) is 16.6 Å². The van der Waals surface area contributed by atoms with Gasteiger partial charge in [-0.3, -0.25) is 9.59 Å². The molecule has 2 amide bonds. The number of aliphatic carboxylic acids is 1. The van der Waals surface area contributed by atoms with Gasteiger partial charge in [0.1, 0.15) is 24.1 Å². The first-order valence-corrected chi connectivity index (χ1v) is 16.3. The van der Waals surface area contributed by atoms with Crippen molar-refractivity contribution in [1.29, 1.82) is 0 Å². The Kier molecular flexibility index (Phi) is 9.50. The van der Waals surface area contributed by atoms with Crippen LogP contribution in [0.2, 0.25) is 0 Å². The monoisotopic (exact) mass is 692 g/mol. The molecule has 0 radical (unpaired) electrons. The Hall–Kier alpha value is -4.63. The number of carbonyl (C=O) groups excluding carboxylic acids is 2. The molecule has 2 aliphatic heterocycles. The molecule has 2 saturated heterocycles. The number of amides is 2. The zero-order valence-electron chi connectivity index (χ0n) is 25.4. The van der Waals surface area contributed by atoms with E-state index in [0.717, 1.165) is 42.1 Å². The number of carboxylic acids is 1. The second-order valence-corrected chi connectivity index (χ2v) is 13.2. The number of rotatable bonds is 14. The molecule has 0 bridgehead atoms. The van der Waals surface area contributed by atoms with Gasteiger partial charge in [-0.2, -0.15) is 14.0 Å². The second kappa shape index (κ2) is 13.2. The number of benzene rings is 1. The molecule has 0 unspecified atom stereocenters. The summed E-state index contributed by atoms with van der Waals surface area (Å²) in [6.45, 7) is 5.09. The van der Waals surface area contributed by atoms with E-state index in [-0.39, 0.29) is 10.8 Å². The molecule has 0 saturated carbocycles. The molecule has 252 valence electrons. The lowest BCUT2D eigenvalue weighted by atomic mass is 9.84. The number of thiazole rings is 1. The number of carboxylic acid groups (broad SMARTS) is 1. The van der Waals surface area contributed by atoms with Crippen LogP contribution in [0, 0.1) is 5.92 Å². The normalized spacial score (nSPS) is 18.6. The fourth-order valence-corrected chi connectivity index (χ4v) is 5.82. The number of β-lactam (4-membered cyclic amide) rings is 1. The summed E-state index contributed by atoms with van der Waals surface area (Å²) in [7, 11) is -3.29. The van der Waals surface area contributed by atoms with Crippen LogP contribution < -0.4 is 25.8 Å². The van der Waals surface area contributed by atoms with Crippen molar-refractivity contribution in [3.63, 3.8) is 0 Å². The first-order valence-electron chi connectivity index (χ1n) is 14.1. The minimum absolute atomic E-state index is 0.0586. The topological polar surface area (TPSA) is 244 Å². The lowest BCUT2D eigenvalue weighted by molar-refractivity contribution is -0.754. The number of aromatic nitrogens is 3. The van der Waals surface area contributed by atoms with Crippen LogP contribution >= 0.6 is 11.3 Å². The third-order valence-corrected chi connectivity index (χ3v) is 8.57. The molecule has 0 aliphatic carbocycles. The Morgan fingerprint density at radius 2 is 2.00 bits per heavy atom. The molecule has 2 fully saturated rings. The van der Waals surface area contributed by atoms with Crippen molar-refractivity contribution in [1.82, 2.24) is 25.4 Å². The summed E-state index contributed by atoms with van der Waals surface area (Å²) in [6.07, 6.45) is 2.41. The van der Waals surface area contributed by atoms with Gasteiger partial charge in [-0.05, 0) is 31.5 Å². The zero-order chi connectivity index (χ0) is 34.1. The van der Waals surface area contributed by atoms with E-state index in [1.807, 2.05) is 30.1 Å². The quantitative estimate of drug-likeness (QED) is 0.0396. The number of hydrogen-bond acceptors (Lipinski definition) is 14. The second-order valence-electron chi connectivity index (χ2n) is 11.4. The highest BCUT2D eigenvalue weighted by molar-refractivity contribution is 7.80. The lowest BCUT2D eigenvalue weighted by Gasteiger charge is -2.51. The molecule has 2 aliphatic rings. The fourth-order valence-electron chi connectivity index (χ4n) is 4.83. The SMILES string of the molecule is C[n+]1cc(-c2ccc(OC[C@H](O/N=C(\C(=O)N[C@@H]3C(=O)N(OS(=O)(=O)[O-])C3(C)C)c3csc(N)n3)C(=O)O)cc2)cn1CC1CNC1. The predicted octanol–water partition coefficient (Wildman–Crippen LogP) is -1.01. The van der Waals surface area contributed by atoms with Crippen LogP contribution in [0.4, 0.5) is 5.13 Å². The van der Waals surface area contributed by atoms with Gasteiger partial charge in [-0.15, -0.1) is 16.0 Å². The Morgan fingerprint density at radius 3 is 2.55 bits per heavy atom. The molecule has 47 heavy (non-hydrogen) atoms. The van der Waals surface area contributed by atoms with Crippen molar-refractivity contribution in [3.05, 3.63) is 47.7 Å². The smallest absolute Gasteiger partial charge is 0.351 e. The van der Waals surface area contributed by atoms with E-state index in [2.05, 4.69) is 35.9 Å². The first kappa shape index (κ1) is 33.7. The molecule has 0 spiro atoms. The van der Waals surface area contributed by atoms with Crippen molar-refractivity contribution in [2.45, 2.75) is 38.1 Å². The summed E-state index contributed by atoms with van der Waals surface area (Å²) in [5.74, 6) is -2.55. The summed E-state index contributed by atoms with van der Waals surface area (Å²) in [5, 5.41) is 20.8. The van der Waals surface area contributed by atoms with E-state index in [1.165, 1.54) is 19.2 Å². The van der Waals surface area contributed by atoms with Crippen molar-refractivity contribution < 1.29 is 51.0 Å². The summed E-state index contributed by atoms with van der Waals surface area (Å²) in [6, 6.07) is 5.70. The number of oxime groups is 1. The Morgan fingerprint density at radius 1 is 1.30 bits per heavy atom. The summed E-state index contributed by atoms with van der Waals surface area (Å²) >= 11 is 0.959. The van der Waals surface area contributed by atoms with Crippen LogP contribution in [0.1, 0.15) is 19.5 Å². The molecule has 20 heteroatoms. The van der Waals surface area contributed by atoms with E-state index in [9.17, 15) is 32.5 Å². The molecule has 5 N–H and O–H groups in total. The number of nitrogens with two attached hydrogens (primary N) is 1. The van der Waals surface area contributed by atoms with Crippen molar-refractivity contribution in [3.8, 4) is 16.9 Å².